The van der Waals surface area contributed by atoms with Gasteiger partial charge in [-0.3, -0.25) is 0 Å². The van der Waals surface area contributed by atoms with Crippen molar-refractivity contribution in [1.29, 1.82) is 0 Å². The van der Waals surface area contributed by atoms with E-state index in [-0.39, 0.29) is 5.38 Å². The van der Waals surface area contributed by atoms with E-state index >= 15 is 0 Å². The molecule has 2 rings (SSSR count). The summed E-state index contributed by atoms with van der Waals surface area (Å²) in [6.45, 7) is 0. The predicted octanol–water partition coefficient (Wildman–Crippen LogP) is 4.43. The lowest BCUT2D eigenvalue weighted by molar-refractivity contribution is 0.497. The van der Waals surface area contributed by atoms with Crippen molar-refractivity contribution in [3.63, 3.8) is 0 Å². The molecule has 1 atom stereocenters. The summed E-state index contributed by atoms with van der Waals surface area (Å²) in [4.78, 5) is 0. The largest absolute Gasteiger partial charge is 0.204 e. The van der Waals surface area contributed by atoms with Crippen molar-refractivity contribution in [2.45, 2.75) is 31.1 Å². The molecule has 0 amide bonds. The normalized spacial score (nSPS) is 19.4. The van der Waals surface area contributed by atoms with Crippen molar-refractivity contribution in [2.24, 2.45) is 5.92 Å². The number of hydrogen-bond donors (Lipinski definition) is 0. The molecule has 0 radical (unpaired) electrons. The zero-order chi connectivity index (χ0) is 10.8. The third-order valence-corrected chi connectivity index (χ3v) is 3.68. The van der Waals surface area contributed by atoms with Crippen LogP contribution in [-0.4, -0.2) is 0 Å². The second-order valence-electron chi connectivity index (χ2n) is 4.12. The topological polar surface area (TPSA) is 0 Å². The Morgan fingerprint density at radius 2 is 1.80 bits per heavy atom. The molecule has 0 saturated heterocycles. The third kappa shape index (κ3) is 2.31. The van der Waals surface area contributed by atoms with Gasteiger partial charge in [0.1, 0.15) is 0 Å². The van der Waals surface area contributed by atoms with Crippen LogP contribution in [0.1, 0.15) is 36.6 Å². The monoisotopic (exact) mass is 230 g/mol. The van der Waals surface area contributed by atoms with Crippen molar-refractivity contribution in [1.82, 2.24) is 0 Å². The lowest BCUT2D eigenvalue weighted by Crippen LogP contribution is -2.04. The molecule has 1 fully saturated rings. The second-order valence-corrected chi connectivity index (χ2v) is 4.59. The summed E-state index contributed by atoms with van der Waals surface area (Å²) in [6.07, 6.45) is 4.56. The molecule has 15 heavy (non-hydrogen) atoms. The molecule has 0 spiro atoms. The number of rotatable bonds is 2. The van der Waals surface area contributed by atoms with Gasteiger partial charge in [0.15, 0.2) is 11.6 Å². The summed E-state index contributed by atoms with van der Waals surface area (Å²) in [7, 11) is 0. The van der Waals surface area contributed by atoms with Crippen LogP contribution in [-0.2, 0) is 0 Å². The van der Waals surface area contributed by atoms with Gasteiger partial charge in [0, 0.05) is 0 Å². The van der Waals surface area contributed by atoms with Gasteiger partial charge < -0.3 is 0 Å². The summed E-state index contributed by atoms with van der Waals surface area (Å²) < 4.78 is 25.7. The Morgan fingerprint density at radius 1 is 1.13 bits per heavy atom. The van der Waals surface area contributed by atoms with E-state index in [9.17, 15) is 8.78 Å². The Labute approximate surface area is 93.2 Å². The fourth-order valence-corrected chi connectivity index (χ4v) is 2.59. The van der Waals surface area contributed by atoms with E-state index in [0.29, 0.717) is 11.5 Å². The molecule has 82 valence electrons. The molecule has 1 aromatic rings. The number of benzene rings is 1. The molecule has 0 nitrogen and oxygen atoms in total. The van der Waals surface area contributed by atoms with Crippen molar-refractivity contribution in [3.05, 3.63) is 35.4 Å². The minimum Gasteiger partial charge on any atom is -0.204 e. The predicted molar refractivity (Wildman–Crippen MR) is 56.9 cm³/mol. The summed E-state index contributed by atoms with van der Waals surface area (Å²) in [5.41, 5.74) is 0.697. The number of alkyl halides is 1. The Balaban J connectivity index is 2.17. The van der Waals surface area contributed by atoms with E-state index in [4.69, 9.17) is 11.6 Å². The first-order valence-corrected chi connectivity index (χ1v) is 5.71. The van der Waals surface area contributed by atoms with E-state index in [2.05, 4.69) is 0 Å². The molecule has 0 bridgehead atoms. The average Bonchev–Trinajstić information content (AvgIpc) is 2.74. The molecule has 1 aliphatic carbocycles. The lowest BCUT2D eigenvalue weighted by Gasteiger charge is -2.16. The third-order valence-electron chi connectivity index (χ3n) is 3.08. The van der Waals surface area contributed by atoms with Gasteiger partial charge in [0.2, 0.25) is 0 Å². The van der Waals surface area contributed by atoms with Crippen molar-refractivity contribution in [2.75, 3.05) is 0 Å². The van der Waals surface area contributed by atoms with Gasteiger partial charge in [-0.25, -0.2) is 8.78 Å². The molecule has 0 N–H and O–H groups in total. The maximum atomic E-state index is 13.0. The Kier molecular flexibility index (Phi) is 3.25. The van der Waals surface area contributed by atoms with Crippen LogP contribution >= 0.6 is 11.6 Å². The van der Waals surface area contributed by atoms with Gasteiger partial charge in [-0.2, -0.15) is 0 Å². The summed E-state index contributed by atoms with van der Waals surface area (Å²) in [5, 5.41) is -0.178. The van der Waals surface area contributed by atoms with Gasteiger partial charge in [-0.05, 0) is 36.5 Å². The standard InChI is InChI=1S/C12H13ClF2/c13-12(8-3-1-2-4-8)9-5-6-10(14)11(15)7-9/h5-8,12H,1-4H2. The zero-order valence-electron chi connectivity index (χ0n) is 8.35. The van der Waals surface area contributed by atoms with Crippen molar-refractivity contribution < 1.29 is 8.78 Å². The second kappa shape index (κ2) is 4.48. The van der Waals surface area contributed by atoms with Crippen LogP contribution < -0.4 is 0 Å². The first-order valence-electron chi connectivity index (χ1n) is 5.27. The van der Waals surface area contributed by atoms with Gasteiger partial charge in [0.05, 0.1) is 5.38 Å². The Morgan fingerprint density at radius 3 is 2.40 bits per heavy atom. The molecule has 0 heterocycles. The number of hydrogen-bond acceptors (Lipinski definition) is 0. The first-order chi connectivity index (χ1) is 7.18. The number of halogens is 3. The summed E-state index contributed by atoms with van der Waals surface area (Å²) >= 11 is 6.25. The smallest absolute Gasteiger partial charge is 0.159 e. The van der Waals surface area contributed by atoms with Crippen LogP contribution in [0.4, 0.5) is 8.78 Å². The maximum Gasteiger partial charge on any atom is 0.159 e. The Bertz CT molecular complexity index is 345. The van der Waals surface area contributed by atoms with E-state index in [1.165, 1.54) is 18.9 Å². The highest BCUT2D eigenvalue weighted by molar-refractivity contribution is 6.21. The molecule has 1 aliphatic rings. The molecule has 1 saturated carbocycles. The van der Waals surface area contributed by atoms with Crippen LogP contribution in [0.15, 0.2) is 18.2 Å². The molecule has 0 aromatic heterocycles. The molecule has 1 aromatic carbocycles. The highest BCUT2D eigenvalue weighted by Crippen LogP contribution is 2.39. The van der Waals surface area contributed by atoms with E-state index in [1.54, 1.807) is 6.07 Å². The average molecular weight is 231 g/mol. The van der Waals surface area contributed by atoms with Crippen molar-refractivity contribution >= 4 is 11.6 Å². The first kappa shape index (κ1) is 10.9. The van der Waals surface area contributed by atoms with Crippen LogP contribution in [0.25, 0.3) is 0 Å². The van der Waals surface area contributed by atoms with E-state index in [0.717, 1.165) is 18.9 Å². The van der Waals surface area contributed by atoms with Gasteiger partial charge in [-0.15, -0.1) is 11.6 Å². The fraction of sp³-hybridized carbons (Fsp3) is 0.500. The zero-order valence-corrected chi connectivity index (χ0v) is 9.11. The molecule has 3 heteroatoms. The molecule has 1 unspecified atom stereocenters. The van der Waals surface area contributed by atoms with E-state index < -0.39 is 11.6 Å². The fourth-order valence-electron chi connectivity index (χ4n) is 2.21. The molecular formula is C12H13ClF2. The maximum absolute atomic E-state index is 13.0. The highest BCUT2D eigenvalue weighted by Gasteiger charge is 2.25. The van der Waals surface area contributed by atoms with Crippen molar-refractivity contribution in [3.8, 4) is 0 Å². The quantitative estimate of drug-likeness (QED) is 0.659. The Hall–Kier alpha value is -0.630. The van der Waals surface area contributed by atoms with Gasteiger partial charge >= 0.3 is 0 Å². The lowest BCUT2D eigenvalue weighted by atomic mass is 9.97. The van der Waals surface area contributed by atoms with Crippen LogP contribution in [0.3, 0.4) is 0 Å². The highest BCUT2D eigenvalue weighted by atomic mass is 35.5. The SMILES string of the molecule is Fc1ccc(C(Cl)C2CCCC2)cc1F. The van der Waals surface area contributed by atoms with Crippen LogP contribution in [0.5, 0.6) is 0 Å². The minimum atomic E-state index is -0.811. The van der Waals surface area contributed by atoms with E-state index in [1.807, 2.05) is 0 Å². The minimum absolute atomic E-state index is 0.178. The summed E-state index contributed by atoms with van der Waals surface area (Å²) in [5.74, 6) is -1.21. The summed E-state index contributed by atoms with van der Waals surface area (Å²) in [6, 6.07) is 3.94. The molecular weight excluding hydrogens is 218 g/mol. The van der Waals surface area contributed by atoms with Gasteiger partial charge in [-0.1, -0.05) is 18.9 Å². The van der Waals surface area contributed by atoms with Gasteiger partial charge in [0.25, 0.3) is 0 Å². The van der Waals surface area contributed by atoms with Crippen LogP contribution in [0, 0.1) is 17.6 Å². The van der Waals surface area contributed by atoms with Crippen LogP contribution in [0.2, 0.25) is 0 Å². The molecule has 0 aliphatic heterocycles.